The zero-order valence-electron chi connectivity index (χ0n) is 14.3. The Morgan fingerprint density at radius 3 is 1.89 bits per heavy atom. The third-order valence-corrected chi connectivity index (χ3v) is 3.22. The van der Waals surface area contributed by atoms with Crippen LogP contribution < -0.4 is 5.32 Å². The minimum absolute atomic E-state index is 0.0219. The van der Waals surface area contributed by atoms with Crippen LogP contribution in [-0.2, 0) is 4.74 Å². The average molecular weight is 259 g/mol. The second-order valence-electron chi connectivity index (χ2n) is 6.42. The van der Waals surface area contributed by atoms with Crippen molar-refractivity contribution in [1.82, 2.24) is 5.32 Å². The van der Waals surface area contributed by atoms with E-state index in [4.69, 9.17) is 4.74 Å². The largest absolute Gasteiger partial charge is 0.376 e. The van der Waals surface area contributed by atoms with Gasteiger partial charge in [-0.05, 0) is 59.9 Å². The van der Waals surface area contributed by atoms with Crippen molar-refractivity contribution in [2.45, 2.75) is 85.8 Å². The fourth-order valence-corrected chi connectivity index (χ4v) is 1.42. The normalized spacial score (nSPS) is 12.3. The topological polar surface area (TPSA) is 21.3 Å². The maximum absolute atomic E-state index is 5.98. The third-order valence-electron chi connectivity index (χ3n) is 3.22. The van der Waals surface area contributed by atoms with Gasteiger partial charge in [-0.3, -0.25) is 0 Å². The number of rotatable bonds is 8. The van der Waals surface area contributed by atoms with Crippen LogP contribution in [0, 0.1) is 5.92 Å². The van der Waals surface area contributed by atoms with Gasteiger partial charge in [0, 0.05) is 12.1 Å². The van der Waals surface area contributed by atoms with Crippen LogP contribution >= 0.6 is 0 Å². The van der Waals surface area contributed by atoms with Crippen LogP contribution in [0.4, 0.5) is 0 Å². The molecule has 1 N–H and O–H groups in total. The summed E-state index contributed by atoms with van der Waals surface area (Å²) in [6.45, 7) is 18.2. The summed E-state index contributed by atoms with van der Waals surface area (Å²) in [5, 5.41) is 3.30. The smallest absolute Gasteiger partial charge is 0.0626 e. The van der Waals surface area contributed by atoms with Crippen molar-refractivity contribution in [3.8, 4) is 0 Å². The van der Waals surface area contributed by atoms with Crippen LogP contribution in [0.2, 0.25) is 0 Å². The van der Waals surface area contributed by atoms with Crippen LogP contribution in [-0.4, -0.2) is 24.8 Å². The summed E-state index contributed by atoms with van der Waals surface area (Å²) in [5.74, 6) is 0.761. The lowest BCUT2D eigenvalue weighted by atomic mass is 9.96. The molecule has 2 heteroatoms. The molecule has 0 rings (SSSR count). The molecule has 112 valence electrons. The molecule has 0 aliphatic heterocycles. The summed E-state index contributed by atoms with van der Waals surface area (Å²) in [5.41, 5.74) is 0.197. The predicted octanol–water partition coefficient (Wildman–Crippen LogP) is 4.63. The summed E-state index contributed by atoms with van der Waals surface area (Å²) >= 11 is 0. The van der Waals surface area contributed by atoms with Gasteiger partial charge in [-0.1, -0.05) is 27.7 Å². The highest BCUT2D eigenvalue weighted by molar-refractivity contribution is 4.76. The molecule has 18 heavy (non-hydrogen) atoms. The summed E-state index contributed by atoms with van der Waals surface area (Å²) in [7, 11) is 2.00. The molecule has 0 saturated carbocycles. The Bertz CT molecular complexity index is 186. The van der Waals surface area contributed by atoms with Gasteiger partial charge < -0.3 is 10.1 Å². The molecule has 0 unspecified atom stereocenters. The minimum atomic E-state index is 0.0219. The van der Waals surface area contributed by atoms with Gasteiger partial charge in [0.2, 0.25) is 0 Å². The molecule has 0 amide bonds. The van der Waals surface area contributed by atoms with E-state index in [0.29, 0.717) is 0 Å². The Labute approximate surface area is 116 Å². The minimum Gasteiger partial charge on any atom is -0.376 e. The fraction of sp³-hybridized carbons (Fsp3) is 1.00. The van der Waals surface area contributed by atoms with E-state index in [1.807, 2.05) is 20.9 Å². The number of hydrogen-bond acceptors (Lipinski definition) is 2. The zero-order valence-corrected chi connectivity index (χ0v) is 14.3. The first-order valence-electron chi connectivity index (χ1n) is 7.51. The van der Waals surface area contributed by atoms with Crippen molar-refractivity contribution in [3.63, 3.8) is 0 Å². The van der Waals surface area contributed by atoms with Crippen LogP contribution in [0.25, 0.3) is 0 Å². The van der Waals surface area contributed by atoms with E-state index >= 15 is 0 Å². The number of nitrogens with one attached hydrogen (secondary N) is 1. The van der Waals surface area contributed by atoms with Gasteiger partial charge >= 0.3 is 0 Å². The van der Waals surface area contributed by atoms with Gasteiger partial charge in [-0.25, -0.2) is 0 Å². The van der Waals surface area contributed by atoms with Gasteiger partial charge in [0.25, 0.3) is 0 Å². The molecule has 0 heterocycles. The summed E-state index contributed by atoms with van der Waals surface area (Å²) in [6.07, 6.45) is 3.43. The SMILES string of the molecule is CC.CNC(C)(C)CCOC(C)(C)CCC(C)C. The van der Waals surface area contributed by atoms with Gasteiger partial charge in [0.05, 0.1) is 5.60 Å². The van der Waals surface area contributed by atoms with E-state index < -0.39 is 0 Å². The van der Waals surface area contributed by atoms with Crippen molar-refractivity contribution < 1.29 is 4.74 Å². The molecule has 0 aromatic rings. The highest BCUT2D eigenvalue weighted by atomic mass is 16.5. The van der Waals surface area contributed by atoms with E-state index in [2.05, 4.69) is 46.9 Å². The molecule has 0 radical (unpaired) electrons. The monoisotopic (exact) mass is 259 g/mol. The van der Waals surface area contributed by atoms with Crippen molar-refractivity contribution in [3.05, 3.63) is 0 Å². The summed E-state index contributed by atoms with van der Waals surface area (Å²) < 4.78 is 5.98. The first-order valence-corrected chi connectivity index (χ1v) is 7.51. The molecule has 0 aliphatic rings. The predicted molar refractivity (Wildman–Crippen MR) is 83.2 cm³/mol. The van der Waals surface area contributed by atoms with E-state index in [1.54, 1.807) is 0 Å². The average Bonchev–Trinajstić information content (AvgIpc) is 2.29. The first kappa shape index (κ1) is 20.2. The van der Waals surface area contributed by atoms with Crippen molar-refractivity contribution in [2.75, 3.05) is 13.7 Å². The van der Waals surface area contributed by atoms with E-state index in [1.165, 1.54) is 6.42 Å². The maximum Gasteiger partial charge on any atom is 0.0626 e. The van der Waals surface area contributed by atoms with Crippen LogP contribution in [0.15, 0.2) is 0 Å². The molecule has 0 spiro atoms. The molecule has 0 bridgehead atoms. The Balaban J connectivity index is 0. The van der Waals surface area contributed by atoms with Gasteiger partial charge in [0.15, 0.2) is 0 Å². The standard InChI is InChI=1S/C14H31NO.C2H6/c1-12(2)8-9-14(5,6)16-11-10-13(3,4)15-7;1-2/h12,15H,8-11H2,1-7H3;1-2H3. The van der Waals surface area contributed by atoms with Gasteiger partial charge in [-0.15, -0.1) is 0 Å². The van der Waals surface area contributed by atoms with E-state index in [0.717, 1.165) is 25.4 Å². The van der Waals surface area contributed by atoms with Gasteiger partial charge in [0.1, 0.15) is 0 Å². The molecule has 0 saturated heterocycles. The summed E-state index contributed by atoms with van der Waals surface area (Å²) in [4.78, 5) is 0. The zero-order chi connectivity index (χ0) is 14.8. The Kier molecular flexibility index (Phi) is 11.0. The second kappa shape index (κ2) is 9.80. The molecule has 0 fully saturated rings. The second-order valence-corrected chi connectivity index (χ2v) is 6.42. The number of ether oxygens (including phenoxy) is 1. The third kappa shape index (κ3) is 12.4. The van der Waals surface area contributed by atoms with Crippen molar-refractivity contribution >= 4 is 0 Å². The van der Waals surface area contributed by atoms with Crippen molar-refractivity contribution in [2.24, 2.45) is 5.92 Å². The highest BCUT2D eigenvalue weighted by Gasteiger charge is 2.21. The molecular weight excluding hydrogens is 222 g/mol. The lowest BCUT2D eigenvalue weighted by molar-refractivity contribution is -0.0334. The molecule has 0 atom stereocenters. The van der Waals surface area contributed by atoms with Crippen molar-refractivity contribution in [1.29, 1.82) is 0 Å². The van der Waals surface area contributed by atoms with E-state index in [9.17, 15) is 0 Å². The highest BCUT2D eigenvalue weighted by Crippen LogP contribution is 2.21. The first-order chi connectivity index (χ1) is 8.18. The van der Waals surface area contributed by atoms with Gasteiger partial charge in [-0.2, -0.15) is 0 Å². The maximum atomic E-state index is 5.98. The van der Waals surface area contributed by atoms with E-state index in [-0.39, 0.29) is 11.1 Å². The van der Waals surface area contributed by atoms with Crippen LogP contribution in [0.5, 0.6) is 0 Å². The Morgan fingerprint density at radius 1 is 1.00 bits per heavy atom. The lowest BCUT2D eigenvalue weighted by Gasteiger charge is -2.29. The Morgan fingerprint density at radius 2 is 1.50 bits per heavy atom. The van der Waals surface area contributed by atoms with Crippen LogP contribution in [0.3, 0.4) is 0 Å². The Hall–Kier alpha value is -0.0800. The lowest BCUT2D eigenvalue weighted by Crippen LogP contribution is -2.38. The van der Waals surface area contributed by atoms with Crippen LogP contribution in [0.1, 0.15) is 74.7 Å². The molecule has 0 aliphatic carbocycles. The summed E-state index contributed by atoms with van der Waals surface area (Å²) in [6, 6.07) is 0. The molecule has 0 aromatic heterocycles. The molecule has 0 aromatic carbocycles. The number of hydrogen-bond donors (Lipinski definition) is 1. The molecular formula is C16H37NO. The fourth-order valence-electron chi connectivity index (χ4n) is 1.42. The quantitative estimate of drug-likeness (QED) is 0.686. The molecule has 2 nitrogen and oxygen atoms in total.